The molecule has 0 spiro atoms. The van der Waals surface area contributed by atoms with E-state index in [1.54, 1.807) is 24.3 Å². The van der Waals surface area contributed by atoms with Gasteiger partial charge in [-0.1, -0.05) is 42.5 Å². The molecule has 0 saturated carbocycles. The maximum Gasteiger partial charge on any atom is 0.270 e. The van der Waals surface area contributed by atoms with Gasteiger partial charge < -0.3 is 5.11 Å². The number of nitrogens with one attached hydrogen (secondary N) is 2. The number of aromatic hydroxyl groups is 1. The van der Waals surface area contributed by atoms with Gasteiger partial charge in [-0.3, -0.25) is 20.4 Å². The van der Waals surface area contributed by atoms with E-state index in [1.807, 2.05) is 30.3 Å². The molecule has 0 aliphatic carbocycles. The van der Waals surface area contributed by atoms with Gasteiger partial charge in [-0.05, 0) is 35.0 Å². The summed E-state index contributed by atoms with van der Waals surface area (Å²) in [6.45, 7) is 0. The average molecular weight is 306 g/mol. The summed E-state index contributed by atoms with van der Waals surface area (Å²) in [5.74, 6) is -0.928. The summed E-state index contributed by atoms with van der Waals surface area (Å²) in [5, 5.41) is 11.1. The Labute approximate surface area is 132 Å². The zero-order valence-corrected chi connectivity index (χ0v) is 12.1. The molecular formula is C18H14N2O3. The van der Waals surface area contributed by atoms with Crippen molar-refractivity contribution in [3.05, 3.63) is 77.9 Å². The Morgan fingerprint density at radius 2 is 1.48 bits per heavy atom. The Bertz CT molecular complexity index is 885. The Hall–Kier alpha value is -3.34. The number of phenolic OH excluding ortho intramolecular Hbond substituents is 1. The Kier molecular flexibility index (Phi) is 3.93. The number of hydrogen-bond acceptors (Lipinski definition) is 3. The number of hydrogen-bond donors (Lipinski definition) is 3. The van der Waals surface area contributed by atoms with Crippen LogP contribution in [-0.4, -0.2) is 16.9 Å². The third-order valence-corrected chi connectivity index (χ3v) is 3.43. The highest BCUT2D eigenvalue weighted by Crippen LogP contribution is 2.18. The van der Waals surface area contributed by atoms with Crippen molar-refractivity contribution in [1.82, 2.24) is 10.9 Å². The minimum Gasteiger partial charge on any atom is -0.508 e. The third kappa shape index (κ3) is 3.13. The molecule has 2 amide bonds. The van der Waals surface area contributed by atoms with E-state index in [1.165, 1.54) is 12.1 Å². The van der Waals surface area contributed by atoms with Crippen LogP contribution < -0.4 is 10.9 Å². The summed E-state index contributed by atoms with van der Waals surface area (Å²) in [7, 11) is 0. The first-order valence-electron chi connectivity index (χ1n) is 7.02. The van der Waals surface area contributed by atoms with Gasteiger partial charge in [0.1, 0.15) is 5.75 Å². The van der Waals surface area contributed by atoms with Crippen LogP contribution in [0.4, 0.5) is 0 Å². The monoisotopic (exact) mass is 306 g/mol. The first kappa shape index (κ1) is 14.6. The highest BCUT2D eigenvalue weighted by atomic mass is 16.3. The van der Waals surface area contributed by atoms with E-state index < -0.39 is 11.8 Å². The normalized spacial score (nSPS) is 10.3. The lowest BCUT2D eigenvalue weighted by atomic mass is 10.0. The summed E-state index contributed by atoms with van der Waals surface area (Å²) in [4.78, 5) is 24.2. The minimum absolute atomic E-state index is 0.0157. The lowest BCUT2D eigenvalue weighted by Gasteiger charge is -2.09. The first-order chi connectivity index (χ1) is 11.1. The summed E-state index contributed by atoms with van der Waals surface area (Å²) in [5.41, 5.74) is 5.45. The van der Waals surface area contributed by atoms with Crippen molar-refractivity contribution < 1.29 is 14.7 Å². The van der Waals surface area contributed by atoms with Gasteiger partial charge >= 0.3 is 0 Å². The summed E-state index contributed by atoms with van der Waals surface area (Å²) >= 11 is 0. The molecule has 23 heavy (non-hydrogen) atoms. The van der Waals surface area contributed by atoms with Crippen LogP contribution in [0.1, 0.15) is 20.7 Å². The molecule has 0 atom stereocenters. The van der Waals surface area contributed by atoms with Crippen molar-refractivity contribution >= 4 is 22.6 Å². The number of benzene rings is 3. The van der Waals surface area contributed by atoms with E-state index in [0.29, 0.717) is 5.56 Å². The second-order valence-corrected chi connectivity index (χ2v) is 4.99. The van der Waals surface area contributed by atoms with Gasteiger partial charge in [-0.15, -0.1) is 0 Å². The largest absolute Gasteiger partial charge is 0.508 e. The van der Waals surface area contributed by atoms with E-state index in [2.05, 4.69) is 10.9 Å². The second-order valence-electron chi connectivity index (χ2n) is 4.99. The van der Waals surface area contributed by atoms with Crippen molar-refractivity contribution in [3.8, 4) is 5.75 Å². The summed E-state index contributed by atoms with van der Waals surface area (Å²) in [6.07, 6.45) is 0. The van der Waals surface area contributed by atoms with Gasteiger partial charge in [0.15, 0.2) is 0 Å². The molecule has 0 aliphatic rings. The third-order valence-electron chi connectivity index (χ3n) is 3.43. The first-order valence-corrected chi connectivity index (χ1v) is 7.02. The average Bonchev–Trinajstić information content (AvgIpc) is 2.59. The molecule has 0 unspecified atom stereocenters. The maximum atomic E-state index is 12.3. The topological polar surface area (TPSA) is 78.4 Å². The van der Waals surface area contributed by atoms with Gasteiger partial charge in [0.05, 0.1) is 0 Å². The SMILES string of the molecule is O=C(NNC(=O)c1cccc2ccccc12)c1cccc(O)c1. The molecule has 3 aromatic carbocycles. The Morgan fingerprint density at radius 3 is 2.30 bits per heavy atom. The lowest BCUT2D eigenvalue weighted by molar-refractivity contribution is 0.0847. The van der Waals surface area contributed by atoms with Crippen LogP contribution in [0, 0.1) is 0 Å². The van der Waals surface area contributed by atoms with Crippen LogP contribution in [0.3, 0.4) is 0 Å². The molecule has 0 fully saturated rings. The van der Waals surface area contributed by atoms with E-state index in [4.69, 9.17) is 0 Å². The fraction of sp³-hybridized carbons (Fsp3) is 0. The van der Waals surface area contributed by atoms with Crippen molar-refractivity contribution in [3.63, 3.8) is 0 Å². The standard InChI is InChI=1S/C18H14N2O3/c21-14-8-3-7-13(11-14)17(22)19-20-18(23)16-10-4-6-12-5-1-2-9-15(12)16/h1-11,21H,(H,19,22)(H,20,23). The predicted molar refractivity (Wildman–Crippen MR) is 87.0 cm³/mol. The maximum absolute atomic E-state index is 12.3. The van der Waals surface area contributed by atoms with Crippen molar-refractivity contribution in [2.75, 3.05) is 0 Å². The van der Waals surface area contributed by atoms with E-state index in [-0.39, 0.29) is 11.3 Å². The predicted octanol–water partition coefficient (Wildman–Crippen LogP) is 2.62. The second kappa shape index (κ2) is 6.19. The minimum atomic E-state index is -0.505. The highest BCUT2D eigenvalue weighted by Gasteiger charge is 2.11. The Morgan fingerprint density at radius 1 is 0.783 bits per heavy atom. The van der Waals surface area contributed by atoms with E-state index >= 15 is 0 Å². The number of phenols is 1. The molecule has 3 aromatic rings. The fourth-order valence-corrected chi connectivity index (χ4v) is 2.32. The molecule has 5 heteroatoms. The lowest BCUT2D eigenvalue weighted by Crippen LogP contribution is -2.41. The molecule has 0 saturated heterocycles. The van der Waals surface area contributed by atoms with E-state index in [0.717, 1.165) is 10.8 Å². The van der Waals surface area contributed by atoms with Crippen LogP contribution in [0.2, 0.25) is 0 Å². The number of rotatable bonds is 2. The van der Waals surface area contributed by atoms with Crippen molar-refractivity contribution in [1.29, 1.82) is 0 Å². The van der Waals surface area contributed by atoms with Crippen LogP contribution >= 0.6 is 0 Å². The van der Waals surface area contributed by atoms with Gasteiger partial charge in [-0.25, -0.2) is 0 Å². The fourth-order valence-electron chi connectivity index (χ4n) is 2.32. The van der Waals surface area contributed by atoms with E-state index in [9.17, 15) is 14.7 Å². The number of carbonyl (C=O) groups excluding carboxylic acids is 2. The zero-order chi connectivity index (χ0) is 16.2. The number of fused-ring (bicyclic) bond motifs is 1. The quantitative estimate of drug-likeness (QED) is 0.637. The van der Waals surface area contributed by atoms with Crippen LogP contribution in [-0.2, 0) is 0 Å². The van der Waals surface area contributed by atoms with Gasteiger partial charge in [-0.2, -0.15) is 0 Å². The Balaban J connectivity index is 1.75. The van der Waals surface area contributed by atoms with Gasteiger partial charge in [0.2, 0.25) is 0 Å². The summed E-state index contributed by atoms with van der Waals surface area (Å²) < 4.78 is 0. The summed E-state index contributed by atoms with van der Waals surface area (Å²) in [6, 6.07) is 18.8. The number of carbonyl (C=O) groups is 2. The van der Waals surface area contributed by atoms with Crippen LogP contribution in [0.5, 0.6) is 5.75 Å². The zero-order valence-electron chi connectivity index (χ0n) is 12.1. The van der Waals surface area contributed by atoms with Crippen molar-refractivity contribution in [2.45, 2.75) is 0 Å². The molecule has 0 aromatic heterocycles. The molecule has 3 N–H and O–H groups in total. The molecule has 0 aliphatic heterocycles. The molecule has 114 valence electrons. The van der Waals surface area contributed by atoms with Crippen LogP contribution in [0.25, 0.3) is 10.8 Å². The van der Waals surface area contributed by atoms with Gasteiger partial charge in [0, 0.05) is 11.1 Å². The molecule has 0 radical (unpaired) electrons. The highest BCUT2D eigenvalue weighted by molar-refractivity contribution is 6.08. The molecule has 0 bridgehead atoms. The number of amides is 2. The van der Waals surface area contributed by atoms with Crippen molar-refractivity contribution in [2.24, 2.45) is 0 Å². The van der Waals surface area contributed by atoms with Crippen LogP contribution in [0.15, 0.2) is 66.7 Å². The molecule has 0 heterocycles. The smallest absolute Gasteiger partial charge is 0.270 e. The molecule has 3 rings (SSSR count). The molecule has 5 nitrogen and oxygen atoms in total. The molecular weight excluding hydrogens is 292 g/mol. The van der Waals surface area contributed by atoms with Gasteiger partial charge in [0.25, 0.3) is 11.8 Å². The number of hydrazine groups is 1.